The van der Waals surface area contributed by atoms with Gasteiger partial charge in [-0.05, 0) is 37.6 Å². The van der Waals surface area contributed by atoms with Gasteiger partial charge in [0.2, 0.25) is 0 Å². The minimum absolute atomic E-state index is 0.134. The minimum atomic E-state index is -0.264. The second kappa shape index (κ2) is 5.19. The van der Waals surface area contributed by atoms with Crippen LogP contribution in [-0.4, -0.2) is 30.3 Å². The summed E-state index contributed by atoms with van der Waals surface area (Å²) >= 11 is 0. The third-order valence-corrected chi connectivity index (χ3v) is 3.08. The number of carbonyl (C=O) groups is 1. The third-order valence-electron chi connectivity index (χ3n) is 3.08. The van der Waals surface area contributed by atoms with Crippen LogP contribution in [-0.2, 0) is 9.53 Å². The number of carbonyl (C=O) groups excluding carboxylic acids is 1. The van der Waals surface area contributed by atoms with Crippen molar-refractivity contribution in [2.45, 2.75) is 25.3 Å². The molecule has 1 heterocycles. The van der Waals surface area contributed by atoms with E-state index in [1.807, 2.05) is 19.1 Å². The van der Waals surface area contributed by atoms with E-state index < -0.39 is 0 Å². The molecule has 1 aliphatic heterocycles. The van der Waals surface area contributed by atoms with E-state index in [1.54, 1.807) is 12.1 Å². The van der Waals surface area contributed by atoms with Crippen LogP contribution in [0.5, 0.6) is 5.75 Å². The van der Waals surface area contributed by atoms with Gasteiger partial charge in [-0.3, -0.25) is 4.79 Å². The van der Waals surface area contributed by atoms with Crippen LogP contribution in [0.25, 0.3) is 0 Å². The molecule has 2 rings (SSSR count). The Balaban J connectivity index is 2.14. The van der Waals surface area contributed by atoms with Crippen molar-refractivity contribution in [1.82, 2.24) is 5.32 Å². The number of aromatic hydroxyl groups is 1. The second-order valence-electron chi connectivity index (χ2n) is 4.17. The standard InChI is InChI=1S/C13H17NO3/c1-2-17-13(16)12-11(7-8-14-12)9-3-5-10(15)6-4-9/h3-6,11-12,14-15H,2,7-8H2,1H3/t11?,12-/m0/s1. The van der Waals surface area contributed by atoms with E-state index in [0.717, 1.165) is 18.5 Å². The molecule has 0 spiro atoms. The molecule has 1 aromatic rings. The van der Waals surface area contributed by atoms with Gasteiger partial charge in [-0.1, -0.05) is 12.1 Å². The smallest absolute Gasteiger partial charge is 0.323 e. The van der Waals surface area contributed by atoms with E-state index in [9.17, 15) is 9.90 Å². The Morgan fingerprint density at radius 3 is 2.82 bits per heavy atom. The number of benzene rings is 1. The SMILES string of the molecule is CCOC(=O)[C@H]1NCCC1c1ccc(O)cc1. The summed E-state index contributed by atoms with van der Waals surface area (Å²) in [6.07, 6.45) is 0.911. The molecule has 4 nitrogen and oxygen atoms in total. The lowest BCUT2D eigenvalue weighted by Gasteiger charge is -2.18. The molecule has 1 fully saturated rings. The summed E-state index contributed by atoms with van der Waals surface area (Å²) < 4.78 is 5.05. The van der Waals surface area contributed by atoms with E-state index >= 15 is 0 Å². The van der Waals surface area contributed by atoms with Gasteiger partial charge < -0.3 is 15.2 Å². The molecule has 2 N–H and O–H groups in total. The predicted octanol–water partition coefficient (Wildman–Crippen LogP) is 1.40. The number of esters is 1. The normalized spacial score (nSPS) is 23.6. The molecule has 1 unspecified atom stereocenters. The summed E-state index contributed by atoms with van der Waals surface area (Å²) in [5.41, 5.74) is 1.06. The van der Waals surface area contributed by atoms with E-state index in [0.29, 0.717) is 6.61 Å². The summed E-state index contributed by atoms with van der Waals surface area (Å²) in [6, 6.07) is 6.75. The molecule has 1 aliphatic rings. The molecule has 0 saturated carbocycles. The van der Waals surface area contributed by atoms with Crippen LogP contribution >= 0.6 is 0 Å². The van der Waals surface area contributed by atoms with Crippen LogP contribution in [0.15, 0.2) is 24.3 Å². The number of hydrogen-bond acceptors (Lipinski definition) is 4. The van der Waals surface area contributed by atoms with Gasteiger partial charge in [0.15, 0.2) is 0 Å². The minimum Gasteiger partial charge on any atom is -0.508 e. The van der Waals surface area contributed by atoms with Crippen molar-refractivity contribution in [3.63, 3.8) is 0 Å². The number of rotatable bonds is 3. The number of nitrogens with one attached hydrogen (secondary N) is 1. The van der Waals surface area contributed by atoms with Gasteiger partial charge >= 0.3 is 5.97 Å². The molecular weight excluding hydrogens is 218 g/mol. The molecule has 1 saturated heterocycles. The zero-order valence-corrected chi connectivity index (χ0v) is 9.85. The van der Waals surface area contributed by atoms with Crippen LogP contribution in [0, 0.1) is 0 Å². The first-order valence-electron chi connectivity index (χ1n) is 5.91. The van der Waals surface area contributed by atoms with Gasteiger partial charge in [0.1, 0.15) is 11.8 Å². The Morgan fingerprint density at radius 1 is 1.47 bits per heavy atom. The Kier molecular flexibility index (Phi) is 3.64. The van der Waals surface area contributed by atoms with Crippen LogP contribution in [0.3, 0.4) is 0 Å². The average molecular weight is 235 g/mol. The zero-order chi connectivity index (χ0) is 12.3. The molecule has 92 valence electrons. The first kappa shape index (κ1) is 11.9. The lowest BCUT2D eigenvalue weighted by molar-refractivity contribution is -0.145. The van der Waals surface area contributed by atoms with Crippen molar-refractivity contribution in [3.8, 4) is 5.75 Å². The topological polar surface area (TPSA) is 58.6 Å². The molecule has 0 amide bonds. The van der Waals surface area contributed by atoms with Gasteiger partial charge in [0.25, 0.3) is 0 Å². The Labute approximate surface area is 101 Å². The van der Waals surface area contributed by atoms with Crippen LogP contribution in [0.1, 0.15) is 24.8 Å². The molecular formula is C13H17NO3. The van der Waals surface area contributed by atoms with E-state index in [-0.39, 0.29) is 23.7 Å². The molecule has 4 heteroatoms. The average Bonchev–Trinajstić information content (AvgIpc) is 2.79. The largest absolute Gasteiger partial charge is 0.508 e. The highest BCUT2D eigenvalue weighted by molar-refractivity contribution is 5.77. The maximum atomic E-state index is 11.8. The second-order valence-corrected chi connectivity index (χ2v) is 4.17. The summed E-state index contributed by atoms with van der Waals surface area (Å²) in [4.78, 5) is 11.8. The number of phenolic OH excluding ortho intramolecular Hbond substituents is 1. The Morgan fingerprint density at radius 2 is 2.18 bits per heavy atom. The summed E-state index contributed by atoms with van der Waals surface area (Å²) in [7, 11) is 0. The van der Waals surface area contributed by atoms with Crippen molar-refractivity contribution >= 4 is 5.97 Å². The number of ether oxygens (including phenoxy) is 1. The van der Waals surface area contributed by atoms with Gasteiger partial charge in [-0.25, -0.2) is 0 Å². The fourth-order valence-corrected chi connectivity index (χ4v) is 2.26. The van der Waals surface area contributed by atoms with Crippen LogP contribution in [0.4, 0.5) is 0 Å². The first-order valence-corrected chi connectivity index (χ1v) is 5.91. The van der Waals surface area contributed by atoms with Gasteiger partial charge in [-0.2, -0.15) is 0 Å². The van der Waals surface area contributed by atoms with Gasteiger partial charge in [-0.15, -0.1) is 0 Å². The predicted molar refractivity (Wildman–Crippen MR) is 63.9 cm³/mol. The van der Waals surface area contributed by atoms with Crippen molar-refractivity contribution < 1.29 is 14.6 Å². The Bertz CT molecular complexity index is 388. The van der Waals surface area contributed by atoms with Crippen molar-refractivity contribution in [2.24, 2.45) is 0 Å². The van der Waals surface area contributed by atoms with Crippen LogP contribution < -0.4 is 5.32 Å². The zero-order valence-electron chi connectivity index (χ0n) is 9.85. The van der Waals surface area contributed by atoms with Crippen LogP contribution in [0.2, 0.25) is 0 Å². The Hall–Kier alpha value is -1.55. The fraction of sp³-hybridized carbons (Fsp3) is 0.462. The van der Waals surface area contributed by atoms with E-state index in [4.69, 9.17) is 4.74 Å². The fourth-order valence-electron chi connectivity index (χ4n) is 2.26. The maximum Gasteiger partial charge on any atom is 0.323 e. The molecule has 17 heavy (non-hydrogen) atoms. The van der Waals surface area contributed by atoms with Gasteiger partial charge in [0, 0.05) is 5.92 Å². The molecule has 0 aliphatic carbocycles. The quantitative estimate of drug-likeness (QED) is 0.777. The van der Waals surface area contributed by atoms with Crippen molar-refractivity contribution in [3.05, 3.63) is 29.8 Å². The molecule has 0 radical (unpaired) electrons. The third kappa shape index (κ3) is 2.58. The highest BCUT2D eigenvalue weighted by Crippen LogP contribution is 2.29. The first-order chi connectivity index (χ1) is 8.22. The van der Waals surface area contributed by atoms with E-state index in [1.165, 1.54) is 0 Å². The highest BCUT2D eigenvalue weighted by Gasteiger charge is 2.34. The van der Waals surface area contributed by atoms with E-state index in [2.05, 4.69) is 5.32 Å². The lowest BCUT2D eigenvalue weighted by atomic mass is 9.92. The lowest BCUT2D eigenvalue weighted by Crippen LogP contribution is -2.36. The number of phenols is 1. The highest BCUT2D eigenvalue weighted by atomic mass is 16.5. The van der Waals surface area contributed by atoms with Crippen molar-refractivity contribution in [2.75, 3.05) is 13.2 Å². The number of hydrogen-bond donors (Lipinski definition) is 2. The maximum absolute atomic E-state index is 11.8. The van der Waals surface area contributed by atoms with Crippen molar-refractivity contribution in [1.29, 1.82) is 0 Å². The summed E-state index contributed by atoms with van der Waals surface area (Å²) in [5.74, 6) is 0.185. The molecule has 2 atom stereocenters. The summed E-state index contributed by atoms with van der Waals surface area (Å²) in [6.45, 7) is 3.02. The molecule has 0 bridgehead atoms. The van der Waals surface area contributed by atoms with Gasteiger partial charge in [0.05, 0.1) is 6.61 Å². The summed E-state index contributed by atoms with van der Waals surface area (Å²) in [5, 5.41) is 12.4. The molecule has 0 aromatic heterocycles. The molecule has 1 aromatic carbocycles. The monoisotopic (exact) mass is 235 g/mol.